The fraction of sp³-hybridized carbons (Fsp3) is 0.278. The van der Waals surface area contributed by atoms with E-state index in [0.717, 1.165) is 0 Å². The highest BCUT2D eigenvalue weighted by molar-refractivity contribution is 5.94. The summed E-state index contributed by atoms with van der Waals surface area (Å²) in [5, 5.41) is 14.5. The molecule has 0 saturated heterocycles. The summed E-state index contributed by atoms with van der Waals surface area (Å²) in [6, 6.07) is 12.0. The number of nitrogens with one attached hydrogen (secondary N) is 2. The zero-order valence-corrected chi connectivity index (χ0v) is 14.7. The molecule has 0 heterocycles. The minimum atomic E-state index is -0.457. The maximum Gasteiger partial charge on any atom is 0.229 e. The Morgan fingerprint density at radius 3 is 2.28 bits per heavy atom. The molecule has 0 saturated carbocycles. The molecule has 7 nitrogen and oxygen atoms in total. The minimum absolute atomic E-state index is 0.0556. The maximum atomic E-state index is 12.0. The second-order valence-electron chi connectivity index (χ2n) is 6.42. The molecule has 0 atom stereocenters. The number of carbonyl (C=O) groups excluding carboxylic acids is 1. The van der Waals surface area contributed by atoms with Gasteiger partial charge in [0.2, 0.25) is 5.91 Å². The molecule has 0 radical (unpaired) electrons. The van der Waals surface area contributed by atoms with Crippen molar-refractivity contribution in [1.29, 1.82) is 5.53 Å². The smallest absolute Gasteiger partial charge is 0.229 e. The van der Waals surface area contributed by atoms with Gasteiger partial charge in [-0.25, -0.2) is 5.53 Å². The van der Waals surface area contributed by atoms with E-state index < -0.39 is 5.41 Å². The maximum absolute atomic E-state index is 12.0. The van der Waals surface area contributed by atoms with Crippen molar-refractivity contribution in [1.82, 2.24) is 0 Å². The van der Waals surface area contributed by atoms with Gasteiger partial charge in [0.05, 0.1) is 12.8 Å². The Morgan fingerprint density at radius 1 is 1.04 bits per heavy atom. The summed E-state index contributed by atoms with van der Waals surface area (Å²) in [7, 11) is 1.55. The molecule has 7 heteroatoms. The van der Waals surface area contributed by atoms with Crippen LogP contribution in [-0.4, -0.2) is 13.0 Å². The molecule has 0 aliphatic rings. The van der Waals surface area contributed by atoms with E-state index in [2.05, 4.69) is 20.7 Å². The predicted octanol–water partition coefficient (Wildman–Crippen LogP) is 5.76. The Morgan fingerprint density at radius 2 is 1.72 bits per heavy atom. The van der Waals surface area contributed by atoms with Gasteiger partial charge in [0.25, 0.3) is 0 Å². The number of azo groups is 1. The first kappa shape index (κ1) is 18.3. The van der Waals surface area contributed by atoms with Crippen LogP contribution in [-0.2, 0) is 4.79 Å². The third-order valence-electron chi connectivity index (χ3n) is 3.38. The monoisotopic (exact) mass is 339 g/mol. The lowest BCUT2D eigenvalue weighted by molar-refractivity contribution is -0.123. The van der Waals surface area contributed by atoms with E-state index in [1.165, 1.54) is 0 Å². The van der Waals surface area contributed by atoms with E-state index in [1.54, 1.807) is 49.6 Å². The highest BCUT2D eigenvalue weighted by atomic mass is 16.5. The van der Waals surface area contributed by atoms with Gasteiger partial charge in [0.1, 0.15) is 17.1 Å². The van der Waals surface area contributed by atoms with E-state index in [9.17, 15) is 4.79 Å². The van der Waals surface area contributed by atoms with Crippen molar-refractivity contribution in [3.63, 3.8) is 0 Å². The van der Waals surface area contributed by atoms with Crippen molar-refractivity contribution < 1.29 is 9.53 Å². The number of benzene rings is 2. The Bertz CT molecular complexity index is 792. The fourth-order valence-electron chi connectivity index (χ4n) is 1.85. The normalized spacial score (nSPS) is 11.4. The summed E-state index contributed by atoms with van der Waals surface area (Å²) in [5.41, 5.74) is 8.88. The number of anilines is 1. The zero-order valence-electron chi connectivity index (χ0n) is 14.7. The summed E-state index contributed by atoms with van der Waals surface area (Å²) < 4.78 is 5.14. The molecule has 0 bridgehead atoms. The van der Waals surface area contributed by atoms with Crippen molar-refractivity contribution in [2.45, 2.75) is 20.8 Å². The average Bonchev–Trinajstić information content (AvgIpc) is 2.60. The quantitative estimate of drug-likeness (QED) is 0.677. The molecular formula is C18H21N5O2. The Kier molecular flexibility index (Phi) is 5.59. The van der Waals surface area contributed by atoms with Crippen LogP contribution in [0.2, 0.25) is 0 Å². The van der Waals surface area contributed by atoms with Crippen molar-refractivity contribution in [3.8, 4) is 5.75 Å². The Hall–Kier alpha value is -3.09. The molecule has 0 fully saturated rings. The van der Waals surface area contributed by atoms with Crippen LogP contribution in [0.15, 0.2) is 57.8 Å². The van der Waals surface area contributed by atoms with Gasteiger partial charge in [0.15, 0.2) is 0 Å². The highest BCUT2D eigenvalue weighted by Gasteiger charge is 2.20. The minimum Gasteiger partial charge on any atom is -0.497 e. The molecule has 2 aromatic carbocycles. The number of methoxy groups -OCH3 is 1. The molecule has 0 aromatic heterocycles. The third kappa shape index (κ3) is 4.94. The van der Waals surface area contributed by atoms with Crippen LogP contribution in [0.3, 0.4) is 0 Å². The lowest BCUT2D eigenvalue weighted by atomic mass is 9.95. The van der Waals surface area contributed by atoms with Crippen molar-refractivity contribution in [3.05, 3.63) is 42.5 Å². The number of carbonyl (C=O) groups is 1. The standard InChI is InChI=1S/C18H21N5O2/c1-18(2,3)17(24)20-12-5-7-13(8-6-12)22-23-16-11-14(25-4)9-10-15(16)21-19/h5-11,19H,1-4H3,(H,20,24). The number of amides is 1. The van der Waals surface area contributed by atoms with Gasteiger partial charge < -0.3 is 10.1 Å². The predicted molar refractivity (Wildman–Crippen MR) is 96.5 cm³/mol. The van der Waals surface area contributed by atoms with Gasteiger partial charge in [-0.3, -0.25) is 4.79 Å². The molecule has 0 spiro atoms. The summed E-state index contributed by atoms with van der Waals surface area (Å²) in [5.74, 6) is 0.557. The lowest BCUT2D eigenvalue weighted by Crippen LogP contribution is -2.27. The molecule has 25 heavy (non-hydrogen) atoms. The van der Waals surface area contributed by atoms with E-state index in [4.69, 9.17) is 10.3 Å². The Labute approximate surface area is 146 Å². The Balaban J connectivity index is 2.15. The largest absolute Gasteiger partial charge is 0.497 e. The second kappa shape index (κ2) is 7.65. The number of hydrogen-bond donors (Lipinski definition) is 2. The third-order valence-corrected chi connectivity index (χ3v) is 3.38. The van der Waals surface area contributed by atoms with Crippen LogP contribution >= 0.6 is 0 Å². The van der Waals surface area contributed by atoms with Crippen LogP contribution in [0.25, 0.3) is 0 Å². The number of ether oxygens (including phenoxy) is 1. The molecule has 2 rings (SSSR count). The molecule has 0 aliphatic carbocycles. The van der Waals surface area contributed by atoms with Crippen molar-refractivity contribution in [2.24, 2.45) is 20.8 Å². The summed E-state index contributed by atoms with van der Waals surface area (Å²) in [4.78, 5) is 12.0. The van der Waals surface area contributed by atoms with Gasteiger partial charge in [0, 0.05) is 17.2 Å². The highest BCUT2D eigenvalue weighted by Crippen LogP contribution is 2.33. The van der Waals surface area contributed by atoms with Crippen LogP contribution in [0.1, 0.15) is 20.8 Å². The molecule has 2 aromatic rings. The van der Waals surface area contributed by atoms with Gasteiger partial charge in [-0.2, -0.15) is 10.2 Å². The first-order chi connectivity index (χ1) is 11.8. The van der Waals surface area contributed by atoms with Crippen LogP contribution in [0.4, 0.5) is 22.7 Å². The summed E-state index contributed by atoms with van der Waals surface area (Å²) in [6.07, 6.45) is 0. The van der Waals surface area contributed by atoms with Gasteiger partial charge in [-0.1, -0.05) is 20.8 Å². The first-order valence-corrected chi connectivity index (χ1v) is 7.72. The first-order valence-electron chi connectivity index (χ1n) is 7.72. The van der Waals surface area contributed by atoms with E-state index >= 15 is 0 Å². The van der Waals surface area contributed by atoms with Crippen LogP contribution < -0.4 is 10.1 Å². The second-order valence-corrected chi connectivity index (χ2v) is 6.42. The lowest BCUT2D eigenvalue weighted by Gasteiger charge is -2.17. The van der Waals surface area contributed by atoms with Crippen LogP contribution in [0, 0.1) is 10.9 Å². The fourth-order valence-corrected chi connectivity index (χ4v) is 1.85. The van der Waals surface area contributed by atoms with Crippen molar-refractivity contribution in [2.75, 3.05) is 12.4 Å². The molecule has 0 aliphatic heterocycles. The molecule has 0 unspecified atom stereocenters. The average molecular weight is 339 g/mol. The SMILES string of the molecule is COc1ccc(N=N)c(N=Nc2ccc(NC(=O)C(C)(C)C)cc2)c1. The zero-order chi connectivity index (χ0) is 18.4. The van der Waals surface area contributed by atoms with E-state index in [-0.39, 0.29) is 5.91 Å². The van der Waals surface area contributed by atoms with Gasteiger partial charge >= 0.3 is 0 Å². The molecular weight excluding hydrogens is 318 g/mol. The number of nitrogens with zero attached hydrogens (tertiary/aromatic N) is 3. The van der Waals surface area contributed by atoms with Gasteiger partial charge in [-0.05, 0) is 36.4 Å². The molecule has 130 valence electrons. The van der Waals surface area contributed by atoms with Crippen LogP contribution in [0.5, 0.6) is 5.75 Å². The molecule has 1 amide bonds. The summed E-state index contributed by atoms with van der Waals surface area (Å²) in [6.45, 7) is 5.57. The van der Waals surface area contributed by atoms with E-state index in [0.29, 0.717) is 28.5 Å². The van der Waals surface area contributed by atoms with E-state index in [1.807, 2.05) is 20.8 Å². The summed E-state index contributed by atoms with van der Waals surface area (Å²) >= 11 is 0. The topological polar surface area (TPSA) is 99.3 Å². The van der Waals surface area contributed by atoms with Crippen molar-refractivity contribution >= 4 is 28.7 Å². The number of rotatable bonds is 5. The molecule has 2 N–H and O–H groups in total. The number of hydrogen-bond acceptors (Lipinski definition) is 6. The van der Waals surface area contributed by atoms with Gasteiger partial charge in [-0.15, -0.1) is 5.11 Å².